The molecule has 0 spiro atoms. The third-order valence-corrected chi connectivity index (χ3v) is 5.57. The Kier molecular flexibility index (Phi) is 4.62. The first-order valence-corrected chi connectivity index (χ1v) is 8.59. The molecule has 2 amide bonds. The van der Waals surface area contributed by atoms with Crippen molar-refractivity contribution < 1.29 is 14.3 Å². The predicted octanol–water partition coefficient (Wildman–Crippen LogP) is 0.797. The summed E-state index contributed by atoms with van der Waals surface area (Å²) >= 11 is 0. The van der Waals surface area contributed by atoms with Gasteiger partial charge in [-0.25, -0.2) is 0 Å². The Morgan fingerprint density at radius 2 is 2.00 bits per heavy atom. The Balaban J connectivity index is 1.82. The number of rotatable bonds is 4. The zero-order valence-corrected chi connectivity index (χ0v) is 14.4. The van der Waals surface area contributed by atoms with Crippen LogP contribution in [-0.4, -0.2) is 52.3 Å². The molecule has 0 aromatic carbocycles. The number of aromatic nitrogens is 2. The quantitative estimate of drug-likeness (QED) is 0.882. The second kappa shape index (κ2) is 6.55. The van der Waals surface area contributed by atoms with Gasteiger partial charge in [-0.2, -0.15) is 5.10 Å². The van der Waals surface area contributed by atoms with E-state index in [4.69, 9.17) is 10.5 Å². The predicted molar refractivity (Wildman–Crippen MR) is 88.0 cm³/mol. The number of carbonyl (C=O) groups is 2. The fraction of sp³-hybridized carbons (Fsp3) is 0.706. The van der Waals surface area contributed by atoms with Crippen LogP contribution in [0.1, 0.15) is 43.6 Å². The van der Waals surface area contributed by atoms with Crippen molar-refractivity contribution in [1.29, 1.82) is 0 Å². The number of nitrogens with two attached hydrogens (primary N) is 1. The van der Waals surface area contributed by atoms with Crippen molar-refractivity contribution in [2.45, 2.75) is 43.6 Å². The lowest BCUT2D eigenvalue weighted by atomic mass is 9.83. The molecular formula is C17H26N4O3. The minimum atomic E-state index is -0.732. The fourth-order valence-corrected chi connectivity index (χ4v) is 4.14. The van der Waals surface area contributed by atoms with Gasteiger partial charge in [0.2, 0.25) is 5.91 Å². The summed E-state index contributed by atoms with van der Waals surface area (Å²) in [5.74, 6) is -0.843. The summed E-state index contributed by atoms with van der Waals surface area (Å²) in [6, 6.07) is 0. The summed E-state index contributed by atoms with van der Waals surface area (Å²) in [6.45, 7) is 0.849. The molecule has 0 unspecified atom stereocenters. The highest BCUT2D eigenvalue weighted by Crippen LogP contribution is 2.38. The van der Waals surface area contributed by atoms with E-state index in [0.29, 0.717) is 13.1 Å². The van der Waals surface area contributed by atoms with Crippen LogP contribution in [0.2, 0.25) is 0 Å². The lowest BCUT2D eigenvalue weighted by Crippen LogP contribution is -2.51. The van der Waals surface area contributed by atoms with E-state index in [2.05, 4.69) is 5.10 Å². The van der Waals surface area contributed by atoms with Crippen LogP contribution in [0, 0.1) is 5.92 Å². The smallest absolute Gasteiger partial charge is 0.254 e. The van der Waals surface area contributed by atoms with Gasteiger partial charge in [0.05, 0.1) is 12.1 Å². The van der Waals surface area contributed by atoms with Crippen LogP contribution in [0.5, 0.6) is 0 Å². The molecule has 2 aliphatic rings. The van der Waals surface area contributed by atoms with Gasteiger partial charge in [-0.1, -0.05) is 19.3 Å². The standard InChI is InChI=1S/C17H26N4O3/c1-20-9-12(8-19-20)13-10-21(11-14(13)15(18)22)16(23)17(24-2)6-4-3-5-7-17/h8-9,13-14H,3-7,10-11H2,1-2H3,(H2,18,22)/t13-,14+/m1/s1. The number of nitrogens with zero attached hydrogens (tertiary/aromatic N) is 3. The monoisotopic (exact) mass is 334 g/mol. The number of hydrogen-bond donors (Lipinski definition) is 1. The van der Waals surface area contributed by atoms with Gasteiger partial charge in [-0.05, 0) is 18.4 Å². The average molecular weight is 334 g/mol. The summed E-state index contributed by atoms with van der Waals surface area (Å²) < 4.78 is 7.37. The molecule has 1 aliphatic heterocycles. The van der Waals surface area contributed by atoms with Crippen molar-refractivity contribution in [2.75, 3.05) is 20.2 Å². The summed E-state index contributed by atoms with van der Waals surface area (Å²) in [7, 11) is 3.45. The largest absolute Gasteiger partial charge is 0.369 e. The minimum Gasteiger partial charge on any atom is -0.369 e. The van der Waals surface area contributed by atoms with Gasteiger partial charge in [-0.15, -0.1) is 0 Å². The van der Waals surface area contributed by atoms with Crippen molar-refractivity contribution in [1.82, 2.24) is 14.7 Å². The highest BCUT2D eigenvalue weighted by Gasteiger charge is 2.47. The maximum absolute atomic E-state index is 13.1. The van der Waals surface area contributed by atoms with Crippen LogP contribution in [0.25, 0.3) is 0 Å². The van der Waals surface area contributed by atoms with Crippen molar-refractivity contribution in [3.8, 4) is 0 Å². The molecule has 2 fully saturated rings. The lowest BCUT2D eigenvalue weighted by Gasteiger charge is -2.37. The highest BCUT2D eigenvalue weighted by molar-refractivity contribution is 5.87. The Morgan fingerprint density at radius 1 is 1.29 bits per heavy atom. The number of amides is 2. The van der Waals surface area contributed by atoms with Crippen LogP contribution in [0.15, 0.2) is 12.4 Å². The van der Waals surface area contributed by atoms with Gasteiger partial charge in [-0.3, -0.25) is 14.3 Å². The molecule has 0 radical (unpaired) electrons. The third kappa shape index (κ3) is 2.92. The second-order valence-corrected chi connectivity index (χ2v) is 7.03. The van der Waals surface area contributed by atoms with E-state index in [-0.39, 0.29) is 23.7 Å². The number of likely N-dealkylation sites (tertiary alicyclic amines) is 1. The van der Waals surface area contributed by atoms with Gasteiger partial charge < -0.3 is 15.4 Å². The minimum absolute atomic E-state index is 0.00217. The zero-order valence-electron chi connectivity index (χ0n) is 14.4. The molecule has 2 atom stereocenters. The second-order valence-electron chi connectivity index (χ2n) is 7.03. The highest BCUT2D eigenvalue weighted by atomic mass is 16.5. The summed E-state index contributed by atoms with van der Waals surface area (Å²) in [6.07, 6.45) is 8.27. The first-order chi connectivity index (χ1) is 11.5. The van der Waals surface area contributed by atoms with E-state index in [1.165, 1.54) is 0 Å². The Bertz CT molecular complexity index is 621. The number of ether oxygens (including phenoxy) is 1. The average Bonchev–Trinajstić information content (AvgIpc) is 3.21. The van der Waals surface area contributed by atoms with E-state index < -0.39 is 5.60 Å². The number of aryl methyl sites for hydroxylation is 1. The van der Waals surface area contributed by atoms with E-state index in [9.17, 15) is 9.59 Å². The molecule has 1 aromatic heterocycles. The Morgan fingerprint density at radius 3 is 2.54 bits per heavy atom. The maximum atomic E-state index is 13.1. The molecule has 2 N–H and O–H groups in total. The van der Waals surface area contributed by atoms with E-state index in [1.54, 1.807) is 22.9 Å². The summed E-state index contributed by atoms with van der Waals surface area (Å²) in [4.78, 5) is 26.8. The molecule has 1 saturated carbocycles. The molecule has 132 valence electrons. The molecule has 0 bridgehead atoms. The molecule has 24 heavy (non-hydrogen) atoms. The summed E-state index contributed by atoms with van der Waals surface area (Å²) in [5, 5.41) is 4.18. The first kappa shape index (κ1) is 17.0. The number of primary amides is 1. The lowest BCUT2D eigenvalue weighted by molar-refractivity contribution is -0.158. The molecule has 1 aliphatic carbocycles. The van der Waals surface area contributed by atoms with Crippen molar-refractivity contribution in [3.05, 3.63) is 18.0 Å². The van der Waals surface area contributed by atoms with Gasteiger partial charge in [0.1, 0.15) is 5.60 Å². The molecule has 2 heterocycles. The van der Waals surface area contributed by atoms with Crippen molar-refractivity contribution in [2.24, 2.45) is 18.7 Å². The molecular weight excluding hydrogens is 308 g/mol. The van der Waals surface area contributed by atoms with E-state index in [0.717, 1.165) is 37.7 Å². The number of carbonyl (C=O) groups excluding carboxylic acids is 2. The topological polar surface area (TPSA) is 90.4 Å². The van der Waals surface area contributed by atoms with Crippen LogP contribution < -0.4 is 5.73 Å². The number of methoxy groups -OCH3 is 1. The van der Waals surface area contributed by atoms with Gasteiger partial charge in [0.25, 0.3) is 5.91 Å². The SMILES string of the molecule is COC1(C(=O)N2C[C@H](C(N)=O)[C@@H](c3cnn(C)c3)C2)CCCCC1. The molecule has 3 rings (SSSR count). The fourth-order valence-electron chi connectivity index (χ4n) is 4.14. The van der Waals surface area contributed by atoms with E-state index in [1.807, 2.05) is 13.2 Å². The van der Waals surface area contributed by atoms with Crippen LogP contribution in [-0.2, 0) is 21.4 Å². The summed E-state index contributed by atoms with van der Waals surface area (Å²) in [5.41, 5.74) is 5.82. The van der Waals surface area contributed by atoms with Crippen molar-refractivity contribution in [3.63, 3.8) is 0 Å². The molecule has 7 nitrogen and oxygen atoms in total. The van der Waals surface area contributed by atoms with Gasteiger partial charge >= 0.3 is 0 Å². The molecule has 1 saturated heterocycles. The molecule has 7 heteroatoms. The normalized spacial score (nSPS) is 26.5. The first-order valence-electron chi connectivity index (χ1n) is 8.59. The van der Waals surface area contributed by atoms with Gasteiger partial charge in [0, 0.05) is 39.4 Å². The Labute approximate surface area is 142 Å². The maximum Gasteiger partial charge on any atom is 0.254 e. The van der Waals surface area contributed by atoms with Crippen molar-refractivity contribution >= 4 is 11.8 Å². The van der Waals surface area contributed by atoms with E-state index >= 15 is 0 Å². The van der Waals surface area contributed by atoms with Crippen LogP contribution in [0.4, 0.5) is 0 Å². The van der Waals surface area contributed by atoms with Crippen LogP contribution in [0.3, 0.4) is 0 Å². The molecule has 1 aromatic rings. The Hall–Kier alpha value is -1.89. The third-order valence-electron chi connectivity index (χ3n) is 5.57. The number of hydrogen-bond acceptors (Lipinski definition) is 4. The zero-order chi connectivity index (χ0) is 17.3. The van der Waals surface area contributed by atoms with Gasteiger partial charge in [0.15, 0.2) is 0 Å². The van der Waals surface area contributed by atoms with Crippen LogP contribution >= 0.6 is 0 Å².